The number of nitriles is 1. The van der Waals surface area contributed by atoms with Crippen LogP contribution in [0.4, 0.5) is 0 Å². The second-order valence-corrected chi connectivity index (χ2v) is 4.62. The minimum Gasteiger partial charge on any atom is -0.315 e. The molecule has 0 unspecified atom stereocenters. The van der Waals surface area contributed by atoms with Crippen molar-refractivity contribution in [3.63, 3.8) is 0 Å². The molecule has 2 aromatic rings. The Balaban J connectivity index is 2.13. The van der Waals surface area contributed by atoms with Crippen molar-refractivity contribution in [3.8, 4) is 11.8 Å². The normalized spacial score (nSPS) is 15.1. The molecule has 1 fully saturated rings. The molecule has 4 nitrogen and oxygen atoms in total. The first kappa shape index (κ1) is 11.0. The van der Waals surface area contributed by atoms with E-state index in [1.807, 2.05) is 35.9 Å². The molecule has 2 heterocycles. The molecule has 1 N–H and O–H groups in total. The van der Waals surface area contributed by atoms with Crippen molar-refractivity contribution in [3.05, 3.63) is 47.5 Å². The quantitative estimate of drug-likeness (QED) is 0.867. The molecule has 4 heteroatoms. The van der Waals surface area contributed by atoms with Gasteiger partial charge in [-0.3, -0.25) is 0 Å². The standard InChI is InChI=1S/C14H14N4/c1-10-3-2-4-13(12(10)5-15)18-9-17-8-14(18)11-6-16-7-11/h2-4,8-9,11,16H,6-7H2,1H3. The van der Waals surface area contributed by atoms with E-state index < -0.39 is 0 Å². The van der Waals surface area contributed by atoms with Gasteiger partial charge < -0.3 is 9.88 Å². The van der Waals surface area contributed by atoms with E-state index in [9.17, 15) is 5.26 Å². The van der Waals surface area contributed by atoms with Gasteiger partial charge in [0.25, 0.3) is 0 Å². The van der Waals surface area contributed by atoms with E-state index >= 15 is 0 Å². The van der Waals surface area contributed by atoms with Gasteiger partial charge in [0.1, 0.15) is 6.07 Å². The molecule has 1 aliphatic heterocycles. The van der Waals surface area contributed by atoms with Crippen molar-refractivity contribution in [1.82, 2.24) is 14.9 Å². The molecule has 3 rings (SSSR count). The number of nitrogens with zero attached hydrogens (tertiary/aromatic N) is 3. The Morgan fingerprint density at radius 3 is 2.94 bits per heavy atom. The molecular weight excluding hydrogens is 224 g/mol. The van der Waals surface area contributed by atoms with E-state index in [1.54, 1.807) is 6.33 Å². The van der Waals surface area contributed by atoms with E-state index in [0.717, 1.165) is 29.9 Å². The van der Waals surface area contributed by atoms with Crippen LogP contribution in [-0.4, -0.2) is 22.6 Å². The molecule has 0 amide bonds. The summed E-state index contributed by atoms with van der Waals surface area (Å²) in [6, 6.07) is 8.21. The third-order valence-corrected chi connectivity index (χ3v) is 3.49. The number of aromatic nitrogens is 2. The Morgan fingerprint density at radius 1 is 1.44 bits per heavy atom. The summed E-state index contributed by atoms with van der Waals surface area (Å²) in [6.45, 7) is 3.93. The number of nitrogens with one attached hydrogen (secondary N) is 1. The van der Waals surface area contributed by atoms with Gasteiger partial charge in [0.2, 0.25) is 0 Å². The van der Waals surface area contributed by atoms with Crippen molar-refractivity contribution in [2.24, 2.45) is 0 Å². The van der Waals surface area contributed by atoms with Crippen molar-refractivity contribution in [2.75, 3.05) is 13.1 Å². The molecule has 0 bridgehead atoms. The lowest BCUT2D eigenvalue weighted by Gasteiger charge is -2.28. The molecule has 1 saturated heterocycles. The van der Waals surface area contributed by atoms with Gasteiger partial charge in [0.05, 0.1) is 17.6 Å². The summed E-state index contributed by atoms with van der Waals surface area (Å²) in [5.74, 6) is 0.500. The SMILES string of the molecule is Cc1cccc(-n2cncc2C2CNC2)c1C#N. The van der Waals surface area contributed by atoms with Gasteiger partial charge in [0.15, 0.2) is 0 Å². The van der Waals surface area contributed by atoms with Gasteiger partial charge in [0, 0.05) is 30.9 Å². The fourth-order valence-corrected chi connectivity index (χ4v) is 2.30. The van der Waals surface area contributed by atoms with E-state index in [1.165, 1.54) is 5.69 Å². The smallest absolute Gasteiger partial charge is 0.102 e. The Morgan fingerprint density at radius 2 is 2.28 bits per heavy atom. The minimum absolute atomic E-state index is 0.500. The Bertz CT molecular complexity index is 617. The number of imidazole rings is 1. The van der Waals surface area contributed by atoms with E-state index in [2.05, 4.69) is 16.4 Å². The molecule has 1 aromatic heterocycles. The van der Waals surface area contributed by atoms with Crippen LogP contribution in [0.2, 0.25) is 0 Å². The van der Waals surface area contributed by atoms with E-state index in [4.69, 9.17) is 0 Å². The highest BCUT2D eigenvalue weighted by molar-refractivity contribution is 5.54. The Hall–Kier alpha value is -2.12. The first-order valence-electron chi connectivity index (χ1n) is 6.04. The molecule has 0 aliphatic carbocycles. The Kier molecular flexibility index (Phi) is 2.62. The third-order valence-electron chi connectivity index (χ3n) is 3.49. The van der Waals surface area contributed by atoms with E-state index in [-0.39, 0.29) is 0 Å². The highest BCUT2D eigenvalue weighted by atomic mass is 15.1. The van der Waals surface area contributed by atoms with Crippen LogP contribution in [0.15, 0.2) is 30.7 Å². The van der Waals surface area contributed by atoms with Crippen LogP contribution < -0.4 is 5.32 Å². The summed E-state index contributed by atoms with van der Waals surface area (Å²) < 4.78 is 2.04. The largest absolute Gasteiger partial charge is 0.315 e. The number of hydrogen-bond donors (Lipinski definition) is 1. The van der Waals surface area contributed by atoms with Crippen molar-refractivity contribution in [2.45, 2.75) is 12.8 Å². The lowest BCUT2D eigenvalue weighted by Crippen LogP contribution is -2.40. The van der Waals surface area contributed by atoms with Crippen molar-refractivity contribution in [1.29, 1.82) is 5.26 Å². The van der Waals surface area contributed by atoms with Crippen LogP contribution in [-0.2, 0) is 0 Å². The molecule has 0 radical (unpaired) electrons. The lowest BCUT2D eigenvalue weighted by atomic mass is 9.99. The van der Waals surface area contributed by atoms with Crippen LogP contribution in [0.25, 0.3) is 5.69 Å². The van der Waals surface area contributed by atoms with E-state index in [0.29, 0.717) is 5.92 Å². The zero-order valence-electron chi connectivity index (χ0n) is 10.2. The fourth-order valence-electron chi connectivity index (χ4n) is 2.30. The summed E-state index contributed by atoms with van der Waals surface area (Å²) in [7, 11) is 0. The molecule has 1 aromatic carbocycles. The Labute approximate surface area is 106 Å². The van der Waals surface area contributed by atoms with Crippen LogP contribution in [0.5, 0.6) is 0 Å². The number of hydrogen-bond acceptors (Lipinski definition) is 3. The molecule has 90 valence electrons. The molecule has 0 saturated carbocycles. The summed E-state index contributed by atoms with van der Waals surface area (Å²) in [5, 5.41) is 12.6. The molecule has 0 spiro atoms. The van der Waals surface area contributed by atoms with Gasteiger partial charge in [-0.1, -0.05) is 12.1 Å². The predicted molar refractivity (Wildman–Crippen MR) is 68.6 cm³/mol. The number of benzene rings is 1. The molecule has 0 atom stereocenters. The predicted octanol–water partition coefficient (Wildman–Crippen LogP) is 1.74. The second kappa shape index (κ2) is 4.28. The molecular formula is C14H14N4. The summed E-state index contributed by atoms with van der Waals surface area (Å²) in [4.78, 5) is 4.23. The van der Waals surface area contributed by atoms with Gasteiger partial charge in [-0.25, -0.2) is 4.98 Å². The van der Waals surface area contributed by atoms with Crippen LogP contribution in [0, 0.1) is 18.3 Å². The van der Waals surface area contributed by atoms with Gasteiger partial charge >= 0.3 is 0 Å². The van der Waals surface area contributed by atoms with Gasteiger partial charge in [-0.05, 0) is 18.6 Å². The summed E-state index contributed by atoms with van der Waals surface area (Å²) in [6.07, 6.45) is 3.69. The zero-order valence-corrected chi connectivity index (χ0v) is 10.2. The summed E-state index contributed by atoms with van der Waals surface area (Å²) in [5.41, 5.74) is 3.83. The number of rotatable bonds is 2. The summed E-state index contributed by atoms with van der Waals surface area (Å²) >= 11 is 0. The third kappa shape index (κ3) is 1.60. The fraction of sp³-hybridized carbons (Fsp3) is 0.286. The monoisotopic (exact) mass is 238 g/mol. The maximum Gasteiger partial charge on any atom is 0.102 e. The average Bonchev–Trinajstić information content (AvgIpc) is 2.75. The highest BCUT2D eigenvalue weighted by Gasteiger charge is 2.23. The average molecular weight is 238 g/mol. The van der Waals surface area contributed by atoms with Crippen LogP contribution >= 0.6 is 0 Å². The highest BCUT2D eigenvalue weighted by Crippen LogP contribution is 2.25. The maximum atomic E-state index is 9.30. The number of aryl methyl sites for hydroxylation is 1. The van der Waals surface area contributed by atoms with Gasteiger partial charge in [-0.2, -0.15) is 5.26 Å². The first-order chi connectivity index (χ1) is 8.81. The van der Waals surface area contributed by atoms with Crippen LogP contribution in [0.3, 0.4) is 0 Å². The minimum atomic E-state index is 0.500. The van der Waals surface area contributed by atoms with Crippen molar-refractivity contribution < 1.29 is 0 Å². The zero-order chi connectivity index (χ0) is 12.5. The maximum absolute atomic E-state index is 9.30. The first-order valence-corrected chi connectivity index (χ1v) is 6.04. The lowest BCUT2D eigenvalue weighted by molar-refractivity contribution is 0.435. The van der Waals surface area contributed by atoms with Crippen molar-refractivity contribution >= 4 is 0 Å². The topological polar surface area (TPSA) is 53.6 Å². The molecule has 1 aliphatic rings. The van der Waals surface area contributed by atoms with Gasteiger partial charge in [-0.15, -0.1) is 0 Å². The van der Waals surface area contributed by atoms with Crippen LogP contribution in [0.1, 0.15) is 22.7 Å². The molecule has 18 heavy (non-hydrogen) atoms. The second-order valence-electron chi connectivity index (χ2n) is 4.62.